The molecule has 1 unspecified atom stereocenters. The van der Waals surface area contributed by atoms with Crippen LogP contribution in [0.2, 0.25) is 0 Å². The lowest BCUT2D eigenvalue weighted by atomic mass is 10.1. The summed E-state index contributed by atoms with van der Waals surface area (Å²) in [4.78, 5) is 11.2. The molecule has 1 atom stereocenters. The van der Waals surface area contributed by atoms with E-state index in [-0.39, 0.29) is 29.5 Å². The number of benzene rings is 1. The van der Waals surface area contributed by atoms with Crippen molar-refractivity contribution in [2.45, 2.75) is 25.2 Å². The van der Waals surface area contributed by atoms with Crippen molar-refractivity contribution in [2.75, 3.05) is 19.7 Å². The fourth-order valence-corrected chi connectivity index (χ4v) is 4.41. The number of aliphatic hydroxyl groups excluding tert-OH is 1. The van der Waals surface area contributed by atoms with Crippen LogP contribution in [0.4, 0.5) is 0 Å². The molecule has 0 spiro atoms. The summed E-state index contributed by atoms with van der Waals surface area (Å²) in [6, 6.07) is 2.81. The molecule has 1 aliphatic rings. The molecule has 0 bridgehead atoms. The standard InChI is InChI=1S/C14H19NO5S/c1-9-5-10(2)13(6-12(9)14(17)18)21(19,20)15-4-3-11(7-15)8-16/h5-6,11,16H,3-4,7-8H2,1-2H3,(H,17,18). The first-order valence-electron chi connectivity index (χ1n) is 6.73. The Kier molecular flexibility index (Phi) is 4.36. The molecule has 2 N–H and O–H groups in total. The summed E-state index contributed by atoms with van der Waals surface area (Å²) < 4.78 is 26.6. The molecular formula is C14H19NO5S. The van der Waals surface area contributed by atoms with E-state index in [1.54, 1.807) is 19.9 Å². The van der Waals surface area contributed by atoms with Gasteiger partial charge in [0.05, 0.1) is 10.5 Å². The highest BCUT2D eigenvalue weighted by atomic mass is 32.2. The highest BCUT2D eigenvalue weighted by Gasteiger charge is 2.33. The monoisotopic (exact) mass is 313 g/mol. The lowest BCUT2D eigenvalue weighted by Crippen LogP contribution is -2.30. The Hall–Kier alpha value is -1.44. The molecule has 1 aromatic carbocycles. The molecule has 116 valence electrons. The van der Waals surface area contributed by atoms with Crippen LogP contribution in [-0.4, -0.2) is 48.6 Å². The Morgan fingerprint density at radius 2 is 2.00 bits per heavy atom. The highest BCUT2D eigenvalue weighted by molar-refractivity contribution is 7.89. The fraction of sp³-hybridized carbons (Fsp3) is 0.500. The smallest absolute Gasteiger partial charge is 0.335 e. The van der Waals surface area contributed by atoms with Crippen molar-refractivity contribution in [3.8, 4) is 0 Å². The van der Waals surface area contributed by atoms with E-state index in [9.17, 15) is 13.2 Å². The Balaban J connectivity index is 2.45. The van der Waals surface area contributed by atoms with Crippen LogP contribution in [0.3, 0.4) is 0 Å². The van der Waals surface area contributed by atoms with Crippen molar-refractivity contribution in [1.82, 2.24) is 4.31 Å². The van der Waals surface area contributed by atoms with Gasteiger partial charge < -0.3 is 10.2 Å². The number of carbonyl (C=O) groups is 1. The SMILES string of the molecule is Cc1cc(C)c(S(=O)(=O)N2CCC(CO)C2)cc1C(=O)O. The van der Waals surface area contributed by atoms with Crippen LogP contribution in [-0.2, 0) is 10.0 Å². The van der Waals surface area contributed by atoms with Crippen molar-refractivity contribution in [2.24, 2.45) is 5.92 Å². The zero-order valence-electron chi connectivity index (χ0n) is 12.0. The Bertz CT molecular complexity index is 668. The number of carboxylic acids is 1. The minimum Gasteiger partial charge on any atom is -0.478 e. The van der Waals surface area contributed by atoms with E-state index < -0.39 is 16.0 Å². The summed E-state index contributed by atoms with van der Waals surface area (Å²) in [5, 5.41) is 18.3. The second kappa shape index (κ2) is 5.75. The number of hydrogen-bond donors (Lipinski definition) is 2. The third-order valence-corrected chi connectivity index (χ3v) is 5.88. The van der Waals surface area contributed by atoms with Crippen LogP contribution in [0, 0.1) is 19.8 Å². The first-order chi connectivity index (χ1) is 9.77. The van der Waals surface area contributed by atoms with Gasteiger partial charge in [0.1, 0.15) is 0 Å². The molecule has 0 saturated carbocycles. The molecule has 7 heteroatoms. The zero-order chi connectivity index (χ0) is 15.8. The number of aromatic carboxylic acids is 1. The third kappa shape index (κ3) is 2.95. The highest BCUT2D eigenvalue weighted by Crippen LogP contribution is 2.28. The summed E-state index contributed by atoms with van der Waals surface area (Å²) >= 11 is 0. The molecule has 1 fully saturated rings. The molecule has 1 saturated heterocycles. The second-order valence-corrected chi connectivity index (χ2v) is 7.34. The van der Waals surface area contributed by atoms with Crippen molar-refractivity contribution in [3.63, 3.8) is 0 Å². The van der Waals surface area contributed by atoms with Crippen LogP contribution < -0.4 is 0 Å². The molecule has 21 heavy (non-hydrogen) atoms. The lowest BCUT2D eigenvalue weighted by molar-refractivity contribution is 0.0696. The number of carboxylic acid groups (broad SMARTS) is 1. The van der Waals surface area contributed by atoms with Gasteiger partial charge in [-0.25, -0.2) is 13.2 Å². The van der Waals surface area contributed by atoms with Crippen molar-refractivity contribution >= 4 is 16.0 Å². The Morgan fingerprint density at radius 1 is 1.33 bits per heavy atom. The Labute approximate surface area is 124 Å². The van der Waals surface area contributed by atoms with E-state index in [2.05, 4.69) is 0 Å². The number of aryl methyl sites for hydroxylation is 2. The summed E-state index contributed by atoms with van der Waals surface area (Å²) in [5.74, 6) is -1.19. The topological polar surface area (TPSA) is 94.9 Å². The van der Waals surface area contributed by atoms with Crippen molar-refractivity contribution in [3.05, 3.63) is 28.8 Å². The maximum Gasteiger partial charge on any atom is 0.335 e. The van der Waals surface area contributed by atoms with Gasteiger partial charge in [-0.2, -0.15) is 4.31 Å². The first kappa shape index (κ1) is 15.9. The minimum absolute atomic E-state index is 0.00270. The summed E-state index contributed by atoms with van der Waals surface area (Å²) in [6.07, 6.45) is 0.617. The van der Waals surface area contributed by atoms with Gasteiger partial charge in [0.2, 0.25) is 10.0 Å². The van der Waals surface area contributed by atoms with Gasteiger partial charge >= 0.3 is 5.97 Å². The summed E-state index contributed by atoms with van der Waals surface area (Å²) in [7, 11) is -3.73. The molecule has 1 aliphatic heterocycles. The molecule has 0 radical (unpaired) electrons. The van der Waals surface area contributed by atoms with E-state index in [0.717, 1.165) is 0 Å². The molecule has 1 heterocycles. The predicted molar refractivity (Wildman–Crippen MR) is 76.8 cm³/mol. The van der Waals surface area contributed by atoms with Gasteiger partial charge in [-0.3, -0.25) is 0 Å². The number of rotatable bonds is 4. The first-order valence-corrected chi connectivity index (χ1v) is 8.17. The van der Waals surface area contributed by atoms with Crippen LogP contribution in [0.25, 0.3) is 0 Å². The van der Waals surface area contributed by atoms with Crippen molar-refractivity contribution < 1.29 is 23.4 Å². The average molecular weight is 313 g/mol. The van der Waals surface area contributed by atoms with Gasteiger partial charge in [-0.05, 0) is 43.4 Å². The zero-order valence-corrected chi connectivity index (χ0v) is 12.9. The van der Waals surface area contributed by atoms with E-state index >= 15 is 0 Å². The van der Waals surface area contributed by atoms with E-state index in [4.69, 9.17) is 10.2 Å². The summed E-state index contributed by atoms with van der Waals surface area (Å²) in [5.41, 5.74) is 1.07. The third-order valence-electron chi connectivity index (χ3n) is 3.88. The molecule has 1 aromatic rings. The second-order valence-electron chi connectivity index (χ2n) is 5.44. The van der Waals surface area contributed by atoms with E-state index in [0.29, 0.717) is 24.1 Å². The molecule has 6 nitrogen and oxygen atoms in total. The predicted octanol–water partition coefficient (Wildman–Crippen LogP) is 1.00. The number of hydrogen-bond acceptors (Lipinski definition) is 4. The molecule has 0 aromatic heterocycles. The van der Waals surface area contributed by atoms with Crippen LogP contribution >= 0.6 is 0 Å². The quantitative estimate of drug-likeness (QED) is 0.865. The van der Waals surface area contributed by atoms with Gasteiger partial charge in [-0.1, -0.05) is 6.07 Å². The van der Waals surface area contributed by atoms with Crippen LogP contribution in [0.1, 0.15) is 27.9 Å². The number of nitrogens with zero attached hydrogens (tertiary/aromatic N) is 1. The normalized spacial score (nSPS) is 19.9. The van der Waals surface area contributed by atoms with Gasteiger partial charge in [0.25, 0.3) is 0 Å². The fourth-order valence-electron chi connectivity index (χ4n) is 2.64. The van der Waals surface area contributed by atoms with Gasteiger partial charge in [0.15, 0.2) is 0 Å². The van der Waals surface area contributed by atoms with Gasteiger partial charge in [0, 0.05) is 19.7 Å². The molecular weight excluding hydrogens is 294 g/mol. The lowest BCUT2D eigenvalue weighted by Gasteiger charge is -2.19. The van der Waals surface area contributed by atoms with Gasteiger partial charge in [-0.15, -0.1) is 0 Å². The molecule has 2 rings (SSSR count). The number of sulfonamides is 1. The average Bonchev–Trinajstić information content (AvgIpc) is 2.87. The number of aliphatic hydroxyl groups is 1. The van der Waals surface area contributed by atoms with Crippen LogP contribution in [0.5, 0.6) is 0 Å². The maximum atomic E-state index is 12.7. The minimum atomic E-state index is -3.73. The van der Waals surface area contributed by atoms with E-state index in [1.165, 1.54) is 10.4 Å². The maximum absolute atomic E-state index is 12.7. The summed E-state index contributed by atoms with van der Waals surface area (Å²) in [6.45, 7) is 3.88. The van der Waals surface area contributed by atoms with Crippen LogP contribution in [0.15, 0.2) is 17.0 Å². The Morgan fingerprint density at radius 3 is 2.52 bits per heavy atom. The largest absolute Gasteiger partial charge is 0.478 e. The van der Waals surface area contributed by atoms with Crippen molar-refractivity contribution in [1.29, 1.82) is 0 Å². The van der Waals surface area contributed by atoms with E-state index in [1.807, 2.05) is 0 Å². The molecule has 0 aliphatic carbocycles. The molecule has 0 amide bonds.